The summed E-state index contributed by atoms with van der Waals surface area (Å²) in [5.74, 6) is 0.975. The minimum Gasteiger partial charge on any atom is -0.496 e. The van der Waals surface area contributed by atoms with Crippen molar-refractivity contribution in [3.63, 3.8) is 0 Å². The van der Waals surface area contributed by atoms with Gasteiger partial charge in [0.05, 0.1) is 18.6 Å². The molecule has 0 amide bonds. The topological polar surface area (TPSA) is 65.0 Å². The second-order valence-corrected chi connectivity index (χ2v) is 8.52. The second-order valence-electron chi connectivity index (χ2n) is 6.09. The van der Waals surface area contributed by atoms with Crippen molar-refractivity contribution < 1.29 is 23.2 Å². The first-order valence-corrected chi connectivity index (χ1v) is 11.2. The maximum absolute atomic E-state index is 12.5. The van der Waals surface area contributed by atoms with E-state index in [0.29, 0.717) is 23.5 Å². The van der Waals surface area contributed by atoms with Crippen LogP contribution in [0.4, 0.5) is 0 Å². The molecule has 3 rings (SSSR count). The number of phosphoric ester groups is 1. The molecule has 5 nitrogen and oxygen atoms in total. The van der Waals surface area contributed by atoms with Gasteiger partial charge in [0.1, 0.15) is 11.5 Å². The summed E-state index contributed by atoms with van der Waals surface area (Å²) in [4.78, 5) is 12.0. The quantitative estimate of drug-likeness (QED) is 0.430. The normalized spacial score (nSPS) is 15.0. The summed E-state index contributed by atoms with van der Waals surface area (Å²) in [5.41, 5.74) is 1.60. The van der Waals surface area contributed by atoms with Crippen LogP contribution in [0, 0.1) is 0 Å². The predicted octanol–water partition coefficient (Wildman–Crippen LogP) is 5.98. The summed E-state index contributed by atoms with van der Waals surface area (Å²) in [6, 6.07) is 13.3. The Kier molecular flexibility index (Phi) is 6.66. The van der Waals surface area contributed by atoms with Crippen molar-refractivity contribution in [1.29, 1.82) is 0 Å². The summed E-state index contributed by atoms with van der Waals surface area (Å²) < 4.78 is 28.6. The lowest BCUT2D eigenvalue weighted by Gasteiger charge is -2.17. The molecule has 0 saturated heterocycles. The van der Waals surface area contributed by atoms with E-state index in [0.717, 1.165) is 28.2 Å². The smallest absolute Gasteiger partial charge is 0.496 e. The molecule has 0 spiro atoms. The van der Waals surface area contributed by atoms with Crippen molar-refractivity contribution in [2.75, 3.05) is 13.7 Å². The van der Waals surface area contributed by atoms with E-state index in [9.17, 15) is 9.46 Å². The standard InChI is InChI=1S/C20H23O5PS/c1-3-4-7-13-24-26(21,22)25-18-14-15-9-5-6-12-19(15)27-20-16(18)10-8-11-17(20)23-2/h5-6,8-12,14H,3-4,7,13H2,1-2H3,(H,21,22). The van der Waals surface area contributed by atoms with Gasteiger partial charge >= 0.3 is 7.82 Å². The first-order chi connectivity index (χ1) is 13.0. The Morgan fingerprint density at radius 3 is 2.70 bits per heavy atom. The van der Waals surface area contributed by atoms with Crippen LogP contribution < -0.4 is 4.74 Å². The lowest BCUT2D eigenvalue weighted by Crippen LogP contribution is -1.99. The summed E-state index contributed by atoms with van der Waals surface area (Å²) in [5, 5.41) is 0. The average Bonchev–Trinajstić information content (AvgIpc) is 2.81. The predicted molar refractivity (Wildman–Crippen MR) is 108 cm³/mol. The molecule has 0 aromatic heterocycles. The van der Waals surface area contributed by atoms with Crippen molar-refractivity contribution in [3.05, 3.63) is 53.6 Å². The molecule has 0 fully saturated rings. The van der Waals surface area contributed by atoms with Crippen LogP contribution >= 0.6 is 19.6 Å². The number of unbranched alkanes of at least 4 members (excludes halogenated alkanes) is 2. The number of methoxy groups -OCH3 is 1. The van der Waals surface area contributed by atoms with Gasteiger partial charge in [-0.3, -0.25) is 9.42 Å². The van der Waals surface area contributed by atoms with Crippen molar-refractivity contribution in [3.8, 4) is 5.75 Å². The molecule has 2 aromatic carbocycles. The summed E-state index contributed by atoms with van der Waals surface area (Å²) >= 11 is 1.54. The maximum Gasteiger partial charge on any atom is 0.527 e. The van der Waals surface area contributed by atoms with E-state index < -0.39 is 7.82 Å². The molecule has 1 unspecified atom stereocenters. The lowest BCUT2D eigenvalue weighted by atomic mass is 10.1. The molecule has 1 N–H and O–H groups in total. The fraction of sp³-hybridized carbons (Fsp3) is 0.300. The minimum atomic E-state index is -4.23. The Balaban J connectivity index is 1.96. The van der Waals surface area contributed by atoms with E-state index >= 15 is 0 Å². The van der Waals surface area contributed by atoms with E-state index in [4.69, 9.17) is 13.8 Å². The van der Waals surface area contributed by atoms with E-state index in [2.05, 4.69) is 6.92 Å². The molecule has 2 aromatic rings. The number of hydrogen-bond donors (Lipinski definition) is 1. The molecule has 7 heteroatoms. The highest BCUT2D eigenvalue weighted by Crippen LogP contribution is 2.52. The van der Waals surface area contributed by atoms with Gasteiger partial charge in [-0.1, -0.05) is 55.8 Å². The van der Waals surface area contributed by atoms with Crippen LogP contribution in [0.15, 0.2) is 52.3 Å². The number of fused-ring (bicyclic) bond motifs is 2. The SMILES string of the molecule is CCCCCOP(=O)(O)OC1=Cc2ccccc2Sc2c(OC)cccc21. The van der Waals surface area contributed by atoms with Crippen LogP contribution in [-0.2, 0) is 13.6 Å². The van der Waals surface area contributed by atoms with Gasteiger partial charge in [0.25, 0.3) is 0 Å². The Bertz CT molecular complexity index is 880. The zero-order valence-electron chi connectivity index (χ0n) is 15.4. The number of phosphoric acid groups is 1. The van der Waals surface area contributed by atoms with E-state index in [-0.39, 0.29) is 6.61 Å². The molecule has 1 aliphatic rings. The zero-order chi connectivity index (χ0) is 19.3. The van der Waals surface area contributed by atoms with Gasteiger partial charge in [-0.05, 0) is 36.3 Å². The number of hydrogen-bond acceptors (Lipinski definition) is 5. The van der Waals surface area contributed by atoms with Gasteiger partial charge in [0, 0.05) is 10.5 Å². The van der Waals surface area contributed by atoms with Gasteiger partial charge in [-0.2, -0.15) is 0 Å². The second kappa shape index (κ2) is 8.98. The third-order valence-electron chi connectivity index (χ3n) is 4.10. The van der Waals surface area contributed by atoms with Gasteiger partial charge in [0.2, 0.25) is 0 Å². The van der Waals surface area contributed by atoms with Crippen LogP contribution in [0.5, 0.6) is 5.75 Å². The molecule has 1 aliphatic heterocycles. The van der Waals surface area contributed by atoms with Crippen molar-refractivity contribution in [2.24, 2.45) is 0 Å². The number of rotatable bonds is 8. The number of benzene rings is 2. The summed E-state index contributed by atoms with van der Waals surface area (Å²) in [6.07, 6.45) is 4.43. The Hall–Kier alpha value is -1.72. The third kappa shape index (κ3) is 4.96. The maximum atomic E-state index is 12.5. The molecule has 27 heavy (non-hydrogen) atoms. The van der Waals surface area contributed by atoms with E-state index in [1.165, 1.54) is 11.8 Å². The Labute approximate surface area is 164 Å². The first-order valence-electron chi connectivity index (χ1n) is 8.87. The molecule has 1 heterocycles. The van der Waals surface area contributed by atoms with Crippen LogP contribution in [0.2, 0.25) is 0 Å². The van der Waals surface area contributed by atoms with Crippen molar-refractivity contribution in [2.45, 2.75) is 36.0 Å². The van der Waals surface area contributed by atoms with Crippen LogP contribution in [0.3, 0.4) is 0 Å². The fourth-order valence-electron chi connectivity index (χ4n) is 2.76. The fourth-order valence-corrected chi connectivity index (χ4v) is 4.71. The van der Waals surface area contributed by atoms with Crippen molar-refractivity contribution in [1.82, 2.24) is 0 Å². The van der Waals surface area contributed by atoms with Crippen molar-refractivity contribution >= 4 is 31.4 Å². The number of ether oxygens (including phenoxy) is 1. The largest absolute Gasteiger partial charge is 0.527 e. The van der Waals surface area contributed by atoms with Gasteiger partial charge in [-0.25, -0.2) is 4.57 Å². The average molecular weight is 406 g/mol. The van der Waals surface area contributed by atoms with Crippen LogP contribution in [0.25, 0.3) is 11.8 Å². The van der Waals surface area contributed by atoms with Gasteiger partial charge in [0.15, 0.2) is 0 Å². The zero-order valence-corrected chi connectivity index (χ0v) is 17.1. The first kappa shape index (κ1) is 20.0. The monoisotopic (exact) mass is 406 g/mol. The molecule has 0 bridgehead atoms. The molecule has 0 radical (unpaired) electrons. The van der Waals surface area contributed by atoms with E-state index in [1.807, 2.05) is 42.5 Å². The van der Waals surface area contributed by atoms with Crippen LogP contribution in [0.1, 0.15) is 37.3 Å². The molecule has 0 saturated carbocycles. The summed E-state index contributed by atoms with van der Waals surface area (Å²) in [7, 11) is -2.63. The molecular formula is C20H23O5PS. The highest BCUT2D eigenvalue weighted by molar-refractivity contribution is 7.99. The highest BCUT2D eigenvalue weighted by Gasteiger charge is 2.28. The third-order valence-corrected chi connectivity index (χ3v) is 6.25. The minimum absolute atomic E-state index is 0.186. The van der Waals surface area contributed by atoms with Gasteiger partial charge < -0.3 is 9.26 Å². The highest BCUT2D eigenvalue weighted by atomic mass is 32.2. The van der Waals surface area contributed by atoms with E-state index in [1.54, 1.807) is 13.2 Å². The molecular weight excluding hydrogens is 383 g/mol. The Morgan fingerprint density at radius 1 is 1.11 bits per heavy atom. The van der Waals surface area contributed by atoms with Gasteiger partial charge in [-0.15, -0.1) is 0 Å². The lowest BCUT2D eigenvalue weighted by molar-refractivity contribution is 0.191. The molecule has 144 valence electrons. The Morgan fingerprint density at radius 2 is 1.93 bits per heavy atom. The molecule has 0 aliphatic carbocycles. The molecule has 1 atom stereocenters. The summed E-state index contributed by atoms with van der Waals surface area (Å²) in [6.45, 7) is 2.25. The van der Waals surface area contributed by atoms with Crippen LogP contribution in [-0.4, -0.2) is 18.6 Å².